The summed E-state index contributed by atoms with van der Waals surface area (Å²) < 4.78 is 57.9. The van der Waals surface area contributed by atoms with Crippen LogP contribution < -0.4 is 0 Å². The molecule has 0 spiro atoms. The molecule has 1 heterocycles. The Morgan fingerprint density at radius 2 is 1.30 bits per heavy atom. The molecule has 0 amide bonds. The second kappa shape index (κ2) is 12.3. The molecular formula is C31H28F2N4O2S. The van der Waals surface area contributed by atoms with Gasteiger partial charge in [0.05, 0.1) is 18.0 Å². The van der Waals surface area contributed by atoms with Crippen LogP contribution in [0, 0.1) is 11.6 Å². The van der Waals surface area contributed by atoms with Crippen molar-refractivity contribution in [2.45, 2.75) is 30.3 Å². The van der Waals surface area contributed by atoms with Crippen molar-refractivity contribution in [1.82, 2.24) is 19.1 Å². The Bertz CT molecular complexity index is 1590. The van der Waals surface area contributed by atoms with Crippen LogP contribution in [0.1, 0.15) is 34.9 Å². The molecule has 0 aliphatic carbocycles. The van der Waals surface area contributed by atoms with Crippen LogP contribution in [0.3, 0.4) is 0 Å². The SMILES string of the molecule is O=S(=O)(c1ccc(F)cc1)N(CCC(c1ccccc1)c1ccccc1)Cc1nncn1Cc1ccc(F)cc1. The number of nitrogens with zero attached hydrogens (tertiary/aromatic N) is 4. The summed E-state index contributed by atoms with van der Waals surface area (Å²) in [5.74, 6) is -0.468. The average Bonchev–Trinajstić information content (AvgIpc) is 3.41. The van der Waals surface area contributed by atoms with Gasteiger partial charge in [-0.25, -0.2) is 17.2 Å². The van der Waals surface area contributed by atoms with Crippen molar-refractivity contribution in [3.63, 3.8) is 0 Å². The molecule has 0 atom stereocenters. The van der Waals surface area contributed by atoms with Crippen molar-refractivity contribution in [2.75, 3.05) is 6.54 Å². The second-order valence-corrected chi connectivity index (χ2v) is 11.4. The minimum absolute atomic E-state index is 0.00512. The van der Waals surface area contributed by atoms with E-state index in [-0.39, 0.29) is 29.7 Å². The highest BCUT2D eigenvalue weighted by atomic mass is 32.2. The predicted molar refractivity (Wildman–Crippen MR) is 149 cm³/mol. The Morgan fingerprint density at radius 1 is 0.750 bits per heavy atom. The first-order valence-electron chi connectivity index (χ1n) is 12.9. The highest BCUT2D eigenvalue weighted by Gasteiger charge is 2.28. The van der Waals surface area contributed by atoms with Gasteiger partial charge in [-0.1, -0.05) is 72.8 Å². The lowest BCUT2D eigenvalue weighted by Gasteiger charge is -2.25. The fraction of sp³-hybridized carbons (Fsp3) is 0.161. The minimum atomic E-state index is -4.01. The quantitative estimate of drug-likeness (QED) is 0.199. The van der Waals surface area contributed by atoms with Gasteiger partial charge in [0, 0.05) is 12.5 Å². The molecule has 5 rings (SSSR count). The molecule has 204 valence electrons. The van der Waals surface area contributed by atoms with Gasteiger partial charge >= 0.3 is 0 Å². The summed E-state index contributed by atoms with van der Waals surface area (Å²) in [5.41, 5.74) is 2.98. The second-order valence-electron chi connectivity index (χ2n) is 9.46. The molecular weight excluding hydrogens is 530 g/mol. The van der Waals surface area contributed by atoms with Crippen LogP contribution in [0.4, 0.5) is 8.78 Å². The Morgan fingerprint density at radius 3 is 1.88 bits per heavy atom. The predicted octanol–water partition coefficient (Wildman–Crippen LogP) is 6.02. The fourth-order valence-corrected chi connectivity index (χ4v) is 6.10. The third kappa shape index (κ3) is 6.50. The third-order valence-corrected chi connectivity index (χ3v) is 8.66. The lowest BCUT2D eigenvalue weighted by molar-refractivity contribution is 0.378. The van der Waals surface area contributed by atoms with Crippen LogP contribution in [0.15, 0.2) is 120 Å². The molecule has 40 heavy (non-hydrogen) atoms. The van der Waals surface area contributed by atoms with E-state index in [1.54, 1.807) is 16.7 Å². The molecule has 0 aliphatic rings. The van der Waals surface area contributed by atoms with Crippen molar-refractivity contribution >= 4 is 10.0 Å². The zero-order valence-corrected chi connectivity index (χ0v) is 22.5. The first-order chi connectivity index (χ1) is 19.4. The normalized spacial score (nSPS) is 11.8. The van der Waals surface area contributed by atoms with E-state index in [2.05, 4.69) is 10.2 Å². The molecule has 1 aromatic heterocycles. The number of rotatable bonds is 11. The number of hydrogen-bond acceptors (Lipinski definition) is 4. The van der Waals surface area contributed by atoms with Gasteiger partial charge in [-0.2, -0.15) is 4.31 Å². The average molecular weight is 559 g/mol. The van der Waals surface area contributed by atoms with Gasteiger partial charge in [0.1, 0.15) is 23.8 Å². The van der Waals surface area contributed by atoms with E-state index in [1.165, 1.54) is 34.9 Å². The summed E-state index contributed by atoms with van der Waals surface area (Å²) in [5, 5.41) is 8.22. The van der Waals surface area contributed by atoms with E-state index in [4.69, 9.17) is 0 Å². The molecule has 0 saturated heterocycles. The number of halogens is 2. The molecule has 0 bridgehead atoms. The van der Waals surface area contributed by atoms with Crippen LogP contribution in [0.5, 0.6) is 0 Å². The van der Waals surface area contributed by atoms with E-state index < -0.39 is 15.8 Å². The zero-order valence-electron chi connectivity index (χ0n) is 21.6. The molecule has 9 heteroatoms. The minimum Gasteiger partial charge on any atom is -0.312 e. The van der Waals surface area contributed by atoms with E-state index in [0.717, 1.165) is 28.8 Å². The van der Waals surface area contributed by atoms with Crippen molar-refractivity contribution in [1.29, 1.82) is 0 Å². The maximum absolute atomic E-state index is 13.9. The lowest BCUT2D eigenvalue weighted by Crippen LogP contribution is -2.33. The van der Waals surface area contributed by atoms with Gasteiger partial charge in [0.25, 0.3) is 0 Å². The fourth-order valence-electron chi connectivity index (χ4n) is 4.69. The summed E-state index contributed by atoms with van der Waals surface area (Å²) in [7, 11) is -4.01. The maximum atomic E-state index is 13.9. The van der Waals surface area contributed by atoms with Crippen molar-refractivity contribution in [3.05, 3.63) is 150 Å². The Kier molecular flexibility index (Phi) is 8.42. The molecule has 4 aromatic carbocycles. The van der Waals surface area contributed by atoms with Crippen LogP contribution in [0.2, 0.25) is 0 Å². The molecule has 5 aromatic rings. The van der Waals surface area contributed by atoms with Crippen LogP contribution in [0.25, 0.3) is 0 Å². The molecule has 0 aliphatic heterocycles. The molecule has 0 saturated carbocycles. The topological polar surface area (TPSA) is 68.1 Å². The first-order valence-corrected chi connectivity index (χ1v) is 14.3. The van der Waals surface area contributed by atoms with E-state index in [1.807, 2.05) is 60.7 Å². The number of benzene rings is 4. The highest BCUT2D eigenvalue weighted by molar-refractivity contribution is 7.89. The number of sulfonamides is 1. The maximum Gasteiger partial charge on any atom is 0.243 e. The molecule has 0 unspecified atom stereocenters. The molecule has 0 radical (unpaired) electrons. The van der Waals surface area contributed by atoms with Crippen LogP contribution in [-0.4, -0.2) is 34.0 Å². The zero-order chi connectivity index (χ0) is 28.0. The smallest absolute Gasteiger partial charge is 0.243 e. The highest BCUT2D eigenvalue weighted by Crippen LogP contribution is 2.30. The third-order valence-electron chi connectivity index (χ3n) is 6.80. The summed E-state index contributed by atoms with van der Waals surface area (Å²) in [4.78, 5) is -0.00512. The summed E-state index contributed by atoms with van der Waals surface area (Å²) in [6, 6.07) is 30.8. The van der Waals surface area contributed by atoms with Crippen molar-refractivity contribution < 1.29 is 17.2 Å². The Balaban J connectivity index is 1.46. The number of hydrogen-bond donors (Lipinski definition) is 0. The van der Waals surface area contributed by atoms with Gasteiger partial charge in [-0.3, -0.25) is 0 Å². The van der Waals surface area contributed by atoms with Crippen molar-refractivity contribution in [2.24, 2.45) is 0 Å². The summed E-state index contributed by atoms with van der Waals surface area (Å²) in [6.07, 6.45) is 2.03. The van der Waals surface area contributed by atoms with E-state index in [0.29, 0.717) is 18.8 Å². The molecule has 0 N–H and O–H groups in total. The standard InChI is InChI=1S/C31H28F2N4O2S/c32-27-13-11-24(12-14-27)21-36-23-34-35-31(36)22-37(40(38,39)29-17-15-28(33)16-18-29)20-19-30(25-7-3-1-4-8-25)26-9-5-2-6-10-26/h1-18,23,30H,19-22H2. The first kappa shape index (κ1) is 27.4. The number of aromatic nitrogens is 3. The Hall–Kier alpha value is -4.21. The van der Waals surface area contributed by atoms with Crippen LogP contribution >= 0.6 is 0 Å². The van der Waals surface area contributed by atoms with Crippen LogP contribution in [-0.2, 0) is 23.1 Å². The van der Waals surface area contributed by atoms with Gasteiger partial charge in [0.2, 0.25) is 10.0 Å². The summed E-state index contributed by atoms with van der Waals surface area (Å²) >= 11 is 0. The lowest BCUT2D eigenvalue weighted by atomic mass is 9.88. The van der Waals surface area contributed by atoms with Gasteiger partial charge in [-0.05, 0) is 59.5 Å². The van der Waals surface area contributed by atoms with Gasteiger partial charge < -0.3 is 4.57 Å². The Labute approximate surface area is 232 Å². The van der Waals surface area contributed by atoms with Crippen molar-refractivity contribution in [3.8, 4) is 0 Å². The largest absolute Gasteiger partial charge is 0.312 e. The monoisotopic (exact) mass is 558 g/mol. The van der Waals surface area contributed by atoms with Gasteiger partial charge in [0.15, 0.2) is 0 Å². The molecule has 6 nitrogen and oxygen atoms in total. The summed E-state index contributed by atoms with van der Waals surface area (Å²) in [6.45, 7) is 0.485. The van der Waals surface area contributed by atoms with E-state index in [9.17, 15) is 17.2 Å². The van der Waals surface area contributed by atoms with E-state index >= 15 is 0 Å². The van der Waals surface area contributed by atoms with Gasteiger partial charge in [-0.15, -0.1) is 10.2 Å². The molecule has 0 fully saturated rings.